The highest BCUT2D eigenvalue weighted by Crippen LogP contribution is 2.24. The van der Waals surface area contributed by atoms with E-state index in [0.29, 0.717) is 19.4 Å². The number of piperidine rings is 1. The monoisotopic (exact) mass is 434 g/mol. The summed E-state index contributed by atoms with van der Waals surface area (Å²) in [6.45, 7) is 4.74. The quantitative estimate of drug-likeness (QED) is 0.727. The first-order chi connectivity index (χ1) is 14.3. The summed E-state index contributed by atoms with van der Waals surface area (Å²) in [5.74, 6) is -0.0638. The molecule has 6 nitrogen and oxygen atoms in total. The molecule has 1 saturated heterocycles. The van der Waals surface area contributed by atoms with Crippen molar-refractivity contribution < 1.29 is 22.3 Å². The van der Waals surface area contributed by atoms with Crippen LogP contribution in [0.2, 0.25) is 0 Å². The maximum absolute atomic E-state index is 13.1. The number of halogens is 1. The van der Waals surface area contributed by atoms with Gasteiger partial charge in [-0.1, -0.05) is 17.7 Å². The summed E-state index contributed by atoms with van der Waals surface area (Å²) in [7, 11) is -3.68. The first-order valence-electron chi connectivity index (χ1n) is 10.0. The molecule has 0 radical (unpaired) electrons. The molecule has 1 aliphatic rings. The third-order valence-electron chi connectivity index (χ3n) is 5.19. The molecule has 0 aromatic heterocycles. The lowest BCUT2D eigenvalue weighted by molar-refractivity contribution is -0.126. The molecule has 0 aliphatic carbocycles. The van der Waals surface area contributed by atoms with Gasteiger partial charge in [0.1, 0.15) is 18.2 Å². The Morgan fingerprint density at radius 3 is 2.33 bits per heavy atom. The minimum Gasteiger partial charge on any atom is -0.491 e. The molecule has 0 saturated carbocycles. The van der Waals surface area contributed by atoms with Gasteiger partial charge in [-0.2, -0.15) is 4.31 Å². The molecule has 3 rings (SSSR count). The Bertz CT molecular complexity index is 954. The Morgan fingerprint density at radius 2 is 1.73 bits per heavy atom. The van der Waals surface area contributed by atoms with E-state index in [9.17, 15) is 17.6 Å². The number of ether oxygens (including phenoxy) is 1. The second-order valence-corrected chi connectivity index (χ2v) is 9.60. The van der Waals surface area contributed by atoms with Gasteiger partial charge >= 0.3 is 0 Å². The topological polar surface area (TPSA) is 75.7 Å². The zero-order chi connectivity index (χ0) is 21.7. The van der Waals surface area contributed by atoms with Crippen LogP contribution in [0.5, 0.6) is 5.75 Å². The van der Waals surface area contributed by atoms with Crippen LogP contribution in [0.1, 0.15) is 25.3 Å². The molecule has 1 N–H and O–H groups in total. The second-order valence-electron chi connectivity index (χ2n) is 7.67. The van der Waals surface area contributed by atoms with Crippen LogP contribution in [-0.4, -0.2) is 44.4 Å². The molecule has 2 aromatic carbocycles. The molecule has 1 amide bonds. The van der Waals surface area contributed by atoms with Crippen molar-refractivity contribution in [3.05, 3.63) is 59.9 Å². The molecule has 0 bridgehead atoms. The highest BCUT2D eigenvalue weighted by atomic mass is 32.2. The Balaban J connectivity index is 1.47. The summed E-state index contributed by atoms with van der Waals surface area (Å²) in [5, 5.41) is 2.95. The van der Waals surface area contributed by atoms with Gasteiger partial charge in [-0.05, 0) is 63.1 Å². The van der Waals surface area contributed by atoms with Gasteiger partial charge in [0.15, 0.2) is 0 Å². The molecule has 1 aliphatic heterocycles. The fourth-order valence-corrected chi connectivity index (χ4v) is 4.84. The molecule has 1 fully saturated rings. The van der Waals surface area contributed by atoms with Gasteiger partial charge in [-0.3, -0.25) is 4.79 Å². The van der Waals surface area contributed by atoms with Crippen molar-refractivity contribution in [3.8, 4) is 5.75 Å². The van der Waals surface area contributed by atoms with Gasteiger partial charge in [-0.25, -0.2) is 12.8 Å². The van der Waals surface area contributed by atoms with Crippen LogP contribution in [0.25, 0.3) is 0 Å². The van der Waals surface area contributed by atoms with Crippen LogP contribution in [0.15, 0.2) is 53.4 Å². The molecule has 2 aromatic rings. The Labute approximate surface area is 177 Å². The lowest BCUT2D eigenvalue weighted by Crippen LogP contribution is -2.45. The van der Waals surface area contributed by atoms with Crippen molar-refractivity contribution >= 4 is 15.9 Å². The van der Waals surface area contributed by atoms with E-state index in [1.54, 1.807) is 0 Å². The first kappa shape index (κ1) is 22.2. The fraction of sp³-hybridized carbons (Fsp3) is 0.409. The first-order valence-corrected chi connectivity index (χ1v) is 11.5. The maximum Gasteiger partial charge on any atom is 0.243 e. The van der Waals surface area contributed by atoms with Gasteiger partial charge in [0.05, 0.1) is 10.9 Å². The number of sulfonamides is 1. The van der Waals surface area contributed by atoms with Crippen LogP contribution < -0.4 is 10.1 Å². The van der Waals surface area contributed by atoms with E-state index in [-0.39, 0.29) is 35.9 Å². The Hall–Kier alpha value is -2.45. The van der Waals surface area contributed by atoms with Crippen LogP contribution in [0, 0.1) is 18.7 Å². The van der Waals surface area contributed by atoms with Crippen LogP contribution in [0.4, 0.5) is 4.39 Å². The summed E-state index contributed by atoms with van der Waals surface area (Å²) in [6, 6.07) is 12.3. The summed E-state index contributed by atoms with van der Waals surface area (Å²) in [5.41, 5.74) is 1.15. The highest BCUT2D eigenvalue weighted by molar-refractivity contribution is 7.89. The number of carbonyl (C=O) groups is 1. The summed E-state index contributed by atoms with van der Waals surface area (Å²) >= 11 is 0. The maximum atomic E-state index is 13.1. The number of hydrogen-bond donors (Lipinski definition) is 1. The van der Waals surface area contributed by atoms with Crippen LogP contribution >= 0.6 is 0 Å². The SMILES string of the molecule is Cc1ccc(OC[C@@H](C)NC(=O)C2CCN(S(=O)(=O)c3ccc(F)cc3)CC2)cc1. The lowest BCUT2D eigenvalue weighted by Gasteiger charge is -2.31. The van der Waals surface area contributed by atoms with E-state index in [4.69, 9.17) is 4.74 Å². The number of nitrogens with one attached hydrogen (secondary N) is 1. The normalized spacial score (nSPS) is 16.8. The average Bonchev–Trinajstić information content (AvgIpc) is 2.74. The third-order valence-corrected chi connectivity index (χ3v) is 7.10. The van der Waals surface area contributed by atoms with Crippen molar-refractivity contribution in [2.24, 2.45) is 5.92 Å². The molecule has 8 heteroatoms. The number of carbonyl (C=O) groups excluding carboxylic acids is 1. The van der Waals surface area contributed by atoms with Gasteiger partial charge in [0.2, 0.25) is 15.9 Å². The van der Waals surface area contributed by atoms with Crippen molar-refractivity contribution in [2.45, 2.75) is 37.6 Å². The molecule has 30 heavy (non-hydrogen) atoms. The lowest BCUT2D eigenvalue weighted by atomic mass is 9.97. The van der Waals surface area contributed by atoms with Crippen LogP contribution in [0.3, 0.4) is 0 Å². The van der Waals surface area contributed by atoms with Crippen molar-refractivity contribution in [3.63, 3.8) is 0 Å². The number of hydrogen-bond acceptors (Lipinski definition) is 4. The van der Waals surface area contributed by atoms with Crippen LogP contribution in [-0.2, 0) is 14.8 Å². The zero-order valence-corrected chi connectivity index (χ0v) is 18.0. The summed E-state index contributed by atoms with van der Waals surface area (Å²) in [6.07, 6.45) is 0.885. The number of nitrogens with zero attached hydrogens (tertiary/aromatic N) is 1. The second kappa shape index (κ2) is 9.57. The van der Waals surface area contributed by atoms with E-state index < -0.39 is 15.8 Å². The largest absolute Gasteiger partial charge is 0.491 e. The van der Waals surface area contributed by atoms with Gasteiger partial charge in [-0.15, -0.1) is 0 Å². The predicted molar refractivity (Wildman–Crippen MR) is 112 cm³/mol. The number of aryl methyl sites for hydroxylation is 1. The third kappa shape index (κ3) is 5.58. The summed E-state index contributed by atoms with van der Waals surface area (Å²) in [4.78, 5) is 12.6. The highest BCUT2D eigenvalue weighted by Gasteiger charge is 2.32. The molecule has 0 unspecified atom stereocenters. The molecular formula is C22H27FN2O4S. The molecular weight excluding hydrogens is 407 g/mol. The summed E-state index contributed by atoms with van der Waals surface area (Å²) < 4.78 is 45.5. The van der Waals surface area contributed by atoms with E-state index in [1.165, 1.54) is 16.4 Å². The molecule has 0 spiro atoms. The van der Waals surface area contributed by atoms with E-state index in [0.717, 1.165) is 23.4 Å². The predicted octanol–water partition coefficient (Wildman–Crippen LogP) is 3.12. The molecule has 162 valence electrons. The average molecular weight is 435 g/mol. The number of amides is 1. The zero-order valence-electron chi connectivity index (χ0n) is 17.2. The Kier molecular flexibility index (Phi) is 7.10. The molecule has 1 heterocycles. The minimum absolute atomic E-state index is 0.0636. The van der Waals surface area contributed by atoms with E-state index in [1.807, 2.05) is 38.1 Å². The van der Waals surface area contributed by atoms with Gasteiger partial charge in [0, 0.05) is 19.0 Å². The van der Waals surface area contributed by atoms with Crippen molar-refractivity contribution in [1.29, 1.82) is 0 Å². The molecule has 1 atom stereocenters. The smallest absolute Gasteiger partial charge is 0.243 e. The fourth-order valence-electron chi connectivity index (χ4n) is 3.37. The minimum atomic E-state index is -3.68. The number of rotatable bonds is 7. The van der Waals surface area contributed by atoms with E-state index in [2.05, 4.69) is 5.32 Å². The Morgan fingerprint density at radius 1 is 1.13 bits per heavy atom. The van der Waals surface area contributed by atoms with E-state index >= 15 is 0 Å². The van der Waals surface area contributed by atoms with Gasteiger partial charge < -0.3 is 10.1 Å². The standard InChI is InChI=1S/C22H27FN2O4S/c1-16-3-7-20(8-4-16)29-15-17(2)24-22(26)18-11-13-25(14-12-18)30(27,28)21-9-5-19(23)6-10-21/h3-10,17-18H,11-15H2,1-2H3,(H,24,26)/t17-/m1/s1. The van der Waals surface area contributed by atoms with Crippen molar-refractivity contribution in [1.82, 2.24) is 9.62 Å². The van der Waals surface area contributed by atoms with Gasteiger partial charge in [0.25, 0.3) is 0 Å². The number of benzene rings is 2. The van der Waals surface area contributed by atoms with Crippen molar-refractivity contribution in [2.75, 3.05) is 19.7 Å².